The number of hydrogen-bond acceptors (Lipinski definition) is 8. The maximum atomic E-state index is 12.6. The summed E-state index contributed by atoms with van der Waals surface area (Å²) < 4.78 is 69.2. The summed E-state index contributed by atoms with van der Waals surface area (Å²) >= 11 is 0. The van der Waals surface area contributed by atoms with Crippen LogP contribution in [0.15, 0.2) is 95.9 Å². The van der Waals surface area contributed by atoms with E-state index in [2.05, 4.69) is 0 Å². The number of ether oxygens (including phenoxy) is 2. The van der Waals surface area contributed by atoms with Gasteiger partial charge in [0.25, 0.3) is 0 Å². The van der Waals surface area contributed by atoms with E-state index in [1.54, 1.807) is 72.8 Å². The maximum absolute atomic E-state index is 12.6. The van der Waals surface area contributed by atoms with Crippen molar-refractivity contribution in [2.24, 2.45) is 0 Å². The fraction of sp³-hybridized carbons (Fsp3) is 0. The van der Waals surface area contributed by atoms with Gasteiger partial charge in [-0.2, -0.15) is 8.42 Å². The Balaban J connectivity index is 1.73. The molecule has 4 aromatic carbocycles. The molecule has 180 valence electrons. The molecule has 0 atom stereocenters. The number of benzene rings is 4. The van der Waals surface area contributed by atoms with Crippen LogP contribution in [0.4, 0.5) is 11.4 Å². The van der Waals surface area contributed by atoms with Crippen LogP contribution in [0, 0.1) is 0 Å². The first-order chi connectivity index (χ1) is 16.5. The minimum atomic E-state index is -5.43. The predicted molar refractivity (Wildman–Crippen MR) is 132 cm³/mol. The number of hydrogen-bond donors (Lipinski definition) is 3. The molecule has 5 N–H and O–H groups in total. The second-order valence-electron chi connectivity index (χ2n) is 7.41. The van der Waals surface area contributed by atoms with Crippen molar-refractivity contribution in [3.05, 3.63) is 91.0 Å². The normalized spacial score (nSPS) is 11.7. The third-order valence-corrected chi connectivity index (χ3v) is 8.55. The van der Waals surface area contributed by atoms with Gasteiger partial charge in [0.1, 0.15) is 23.0 Å². The summed E-state index contributed by atoms with van der Waals surface area (Å²) in [7, 11) is -10.5. The van der Waals surface area contributed by atoms with Crippen LogP contribution in [0.2, 0.25) is 0 Å². The lowest BCUT2D eigenvalue weighted by atomic mass is 10.1. The molecule has 0 saturated carbocycles. The lowest BCUT2D eigenvalue weighted by molar-refractivity contribution is 0.482. The summed E-state index contributed by atoms with van der Waals surface area (Å²) in [5.41, 5.74) is 12.8. The van der Waals surface area contributed by atoms with Crippen molar-refractivity contribution in [3.63, 3.8) is 0 Å². The summed E-state index contributed by atoms with van der Waals surface area (Å²) in [6.45, 7) is 0. The second kappa shape index (κ2) is 9.29. The third-order valence-electron chi connectivity index (χ3n) is 4.89. The van der Waals surface area contributed by atoms with E-state index in [0.717, 1.165) is 6.07 Å². The Hall–Kier alpha value is -4.06. The minimum absolute atomic E-state index is 0.00889. The molecule has 0 aliphatic rings. The van der Waals surface area contributed by atoms with Gasteiger partial charge >= 0.3 is 18.0 Å². The van der Waals surface area contributed by atoms with Crippen LogP contribution in [0.1, 0.15) is 0 Å². The van der Waals surface area contributed by atoms with Crippen LogP contribution in [0.3, 0.4) is 0 Å². The van der Waals surface area contributed by atoms with Gasteiger partial charge < -0.3 is 20.9 Å². The Morgan fingerprint density at radius 2 is 0.971 bits per heavy atom. The van der Waals surface area contributed by atoms with Gasteiger partial charge in [-0.25, -0.2) is 8.42 Å². The van der Waals surface area contributed by atoms with Crippen molar-refractivity contribution in [1.82, 2.24) is 0 Å². The number of nitrogens with two attached hydrogens (primary N) is 2. The largest absolute Gasteiger partial charge is 0.457 e. The molecule has 11 heteroatoms. The Kier molecular flexibility index (Phi) is 6.39. The first-order valence-electron chi connectivity index (χ1n) is 10.1. The summed E-state index contributed by atoms with van der Waals surface area (Å²) in [5.74, 6) is 1.66. The molecular formula is C24H20N2O7S2. The van der Waals surface area contributed by atoms with Crippen LogP contribution in [0.25, 0.3) is 11.1 Å². The van der Waals surface area contributed by atoms with Gasteiger partial charge in [0.15, 0.2) is 0 Å². The molecule has 9 nitrogen and oxygen atoms in total. The number of rotatable bonds is 7. The zero-order chi connectivity index (χ0) is 25.2. The molecule has 0 aliphatic carbocycles. The van der Waals surface area contributed by atoms with Crippen molar-refractivity contribution in [2.45, 2.75) is 4.90 Å². The van der Waals surface area contributed by atoms with Crippen LogP contribution in [0.5, 0.6) is 23.0 Å². The molecule has 0 radical (unpaired) electrons. The zero-order valence-corrected chi connectivity index (χ0v) is 19.7. The van der Waals surface area contributed by atoms with Crippen molar-refractivity contribution in [2.75, 3.05) is 11.5 Å². The summed E-state index contributed by atoms with van der Waals surface area (Å²) in [5, 5.41) is 0. The zero-order valence-electron chi connectivity index (χ0n) is 18.0. The number of anilines is 2. The SMILES string of the molecule is Nc1ccc(Oc2ccc(-c3cc(Oc4ccc(N)cc4)ccc3S(=O)(=O)S(=O)(=O)O)cc2)cc1. The predicted octanol–water partition coefficient (Wildman–Crippen LogP) is 4.68. The minimum Gasteiger partial charge on any atom is -0.457 e. The van der Waals surface area contributed by atoms with E-state index in [-0.39, 0.29) is 11.3 Å². The average molecular weight is 513 g/mol. The van der Waals surface area contributed by atoms with E-state index in [0.29, 0.717) is 34.2 Å². The van der Waals surface area contributed by atoms with Gasteiger partial charge in [0, 0.05) is 16.9 Å². The highest BCUT2D eigenvalue weighted by atomic mass is 33.2. The smallest absolute Gasteiger partial charge is 0.377 e. The summed E-state index contributed by atoms with van der Waals surface area (Å²) in [4.78, 5) is -0.600. The Morgan fingerprint density at radius 3 is 1.43 bits per heavy atom. The highest BCUT2D eigenvalue weighted by molar-refractivity contribution is 8.65. The molecule has 0 aliphatic heterocycles. The fourth-order valence-corrected chi connectivity index (χ4v) is 5.20. The van der Waals surface area contributed by atoms with E-state index < -0.39 is 22.9 Å². The van der Waals surface area contributed by atoms with E-state index in [1.807, 2.05) is 0 Å². The van der Waals surface area contributed by atoms with E-state index >= 15 is 0 Å². The lowest BCUT2D eigenvalue weighted by Crippen LogP contribution is -2.15. The fourth-order valence-electron chi connectivity index (χ4n) is 3.18. The average Bonchev–Trinajstić information content (AvgIpc) is 2.82. The molecule has 0 heterocycles. The van der Waals surface area contributed by atoms with Crippen molar-refractivity contribution < 1.29 is 30.9 Å². The molecular weight excluding hydrogens is 492 g/mol. The van der Waals surface area contributed by atoms with E-state index in [1.165, 1.54) is 12.1 Å². The molecule has 0 amide bonds. The van der Waals surface area contributed by atoms with Gasteiger partial charge in [0.05, 0.1) is 4.90 Å². The van der Waals surface area contributed by atoms with Crippen LogP contribution < -0.4 is 20.9 Å². The maximum Gasteiger partial charge on any atom is 0.377 e. The quantitative estimate of drug-likeness (QED) is 0.181. The number of nitrogen functional groups attached to an aromatic ring is 2. The van der Waals surface area contributed by atoms with Crippen LogP contribution in [-0.4, -0.2) is 21.4 Å². The molecule has 0 unspecified atom stereocenters. The molecule has 0 aromatic heterocycles. The molecule has 35 heavy (non-hydrogen) atoms. The van der Waals surface area contributed by atoms with Gasteiger partial charge in [-0.3, -0.25) is 4.55 Å². The first-order valence-corrected chi connectivity index (χ1v) is 13.5. The topological polar surface area (TPSA) is 159 Å². The van der Waals surface area contributed by atoms with Crippen molar-refractivity contribution in [3.8, 4) is 34.1 Å². The van der Waals surface area contributed by atoms with Crippen molar-refractivity contribution in [1.29, 1.82) is 0 Å². The van der Waals surface area contributed by atoms with E-state index in [9.17, 15) is 21.4 Å². The Morgan fingerprint density at radius 1 is 0.571 bits per heavy atom. The Bertz CT molecular complexity index is 1570. The van der Waals surface area contributed by atoms with Gasteiger partial charge in [-0.1, -0.05) is 12.1 Å². The lowest BCUT2D eigenvalue weighted by Gasteiger charge is -2.13. The molecule has 0 saturated heterocycles. The standard InChI is InChI=1S/C24H20N2O7S2/c25-17-3-9-20(10-4-17)32-19-7-1-16(2-8-19)23-15-22(33-21-11-5-18(26)6-12-21)13-14-24(23)34(27,28)35(29,30)31/h1-15H,25-26H2,(H,29,30,31). The Labute approximate surface area is 201 Å². The highest BCUT2D eigenvalue weighted by Crippen LogP contribution is 2.36. The van der Waals surface area contributed by atoms with E-state index in [4.69, 9.17) is 20.9 Å². The van der Waals surface area contributed by atoms with Gasteiger partial charge in [-0.15, -0.1) is 0 Å². The monoisotopic (exact) mass is 512 g/mol. The van der Waals surface area contributed by atoms with Crippen LogP contribution in [-0.2, 0) is 18.0 Å². The molecule has 0 spiro atoms. The van der Waals surface area contributed by atoms with Crippen molar-refractivity contribution >= 4 is 29.4 Å². The molecule has 0 fully saturated rings. The second-order valence-corrected chi connectivity index (χ2v) is 12.2. The van der Waals surface area contributed by atoms with Gasteiger partial charge in [0.2, 0.25) is 0 Å². The molecule has 4 aromatic rings. The first kappa shape index (κ1) is 24.1. The highest BCUT2D eigenvalue weighted by Gasteiger charge is 2.32. The van der Waals surface area contributed by atoms with Gasteiger partial charge in [-0.05, 0) is 84.4 Å². The summed E-state index contributed by atoms with van der Waals surface area (Å²) in [6, 6.07) is 23.3. The molecule has 4 rings (SSSR count). The summed E-state index contributed by atoms with van der Waals surface area (Å²) in [6.07, 6.45) is 0. The molecule has 0 bridgehead atoms. The third kappa shape index (κ3) is 5.38. The van der Waals surface area contributed by atoms with Crippen LogP contribution >= 0.6 is 0 Å².